The molecule has 0 bridgehead atoms. The Kier molecular flexibility index (Phi) is 4.21. The number of imide groups is 3. The van der Waals surface area contributed by atoms with Crippen LogP contribution in [0.2, 0.25) is 0 Å². The first kappa shape index (κ1) is 16.0. The fourth-order valence-electron chi connectivity index (χ4n) is 2.30. The zero-order chi connectivity index (χ0) is 16.5. The minimum absolute atomic E-state index is 0.0899. The van der Waals surface area contributed by atoms with Crippen molar-refractivity contribution in [2.75, 3.05) is 0 Å². The molecule has 1 aromatic carbocycles. The minimum atomic E-state index is -0.939. The molecule has 1 aliphatic heterocycles. The predicted octanol–water partition coefficient (Wildman–Crippen LogP) is 2.56. The van der Waals surface area contributed by atoms with Gasteiger partial charge in [-0.15, -0.1) is 0 Å². The molecule has 1 atom stereocenters. The Balaban J connectivity index is 2.23. The number of benzene rings is 1. The fourth-order valence-corrected chi connectivity index (χ4v) is 2.30. The monoisotopic (exact) mass is 305 g/mol. The normalized spacial score (nSPS) is 19.2. The number of piperidine rings is 1. The summed E-state index contributed by atoms with van der Waals surface area (Å²) in [5, 5.41) is 9.31. The van der Waals surface area contributed by atoms with Crippen LogP contribution in [0.25, 0.3) is 0 Å². The van der Waals surface area contributed by atoms with Crippen LogP contribution in [-0.2, 0) is 14.3 Å². The lowest BCUT2D eigenvalue weighted by molar-refractivity contribution is -0.147. The van der Waals surface area contributed by atoms with Crippen LogP contribution in [0, 0.1) is 0 Å². The van der Waals surface area contributed by atoms with E-state index < -0.39 is 29.4 Å². The van der Waals surface area contributed by atoms with Gasteiger partial charge >= 0.3 is 6.09 Å². The van der Waals surface area contributed by atoms with Crippen molar-refractivity contribution in [2.45, 2.75) is 45.1 Å². The number of nitrogens with zero attached hydrogens (tertiary/aromatic N) is 1. The third-order valence-corrected chi connectivity index (χ3v) is 3.29. The van der Waals surface area contributed by atoms with Gasteiger partial charge in [0.15, 0.2) is 0 Å². The van der Waals surface area contributed by atoms with Gasteiger partial charge in [-0.2, -0.15) is 4.90 Å². The van der Waals surface area contributed by atoms with E-state index in [9.17, 15) is 19.5 Å². The molecule has 0 radical (unpaired) electrons. The highest BCUT2D eigenvalue weighted by Crippen LogP contribution is 2.30. The van der Waals surface area contributed by atoms with Gasteiger partial charge in [0.1, 0.15) is 11.4 Å². The lowest BCUT2D eigenvalue weighted by Gasteiger charge is -2.31. The molecule has 1 heterocycles. The molecule has 0 aromatic heterocycles. The van der Waals surface area contributed by atoms with Crippen molar-refractivity contribution in [3.63, 3.8) is 0 Å². The zero-order valence-corrected chi connectivity index (χ0v) is 12.8. The summed E-state index contributed by atoms with van der Waals surface area (Å²) < 4.78 is 5.13. The largest absolute Gasteiger partial charge is 0.508 e. The summed E-state index contributed by atoms with van der Waals surface area (Å²) in [6.07, 6.45) is -0.510. The maximum atomic E-state index is 12.5. The summed E-state index contributed by atoms with van der Waals surface area (Å²) >= 11 is 0. The second-order valence-electron chi connectivity index (χ2n) is 6.23. The van der Waals surface area contributed by atoms with Crippen LogP contribution < -0.4 is 0 Å². The summed E-state index contributed by atoms with van der Waals surface area (Å²) in [5.74, 6) is -1.64. The van der Waals surface area contributed by atoms with Gasteiger partial charge in [-0.25, -0.2) is 4.79 Å². The number of ether oxygens (including phenoxy) is 1. The Morgan fingerprint density at radius 3 is 2.36 bits per heavy atom. The van der Waals surface area contributed by atoms with Gasteiger partial charge in [0.05, 0.1) is 5.92 Å². The standard InChI is InChI=1S/C16H19NO5/c1-16(2,3)22-15(21)17-13(19)9-8-12(14(17)20)10-4-6-11(18)7-5-10/h4-7,12,18H,8-9H2,1-3H3. The highest BCUT2D eigenvalue weighted by molar-refractivity contribution is 6.12. The van der Waals surface area contributed by atoms with Crippen molar-refractivity contribution in [2.24, 2.45) is 0 Å². The topological polar surface area (TPSA) is 83.9 Å². The van der Waals surface area contributed by atoms with Gasteiger partial charge in [-0.1, -0.05) is 12.1 Å². The molecular weight excluding hydrogens is 286 g/mol. The van der Waals surface area contributed by atoms with Crippen LogP contribution >= 0.6 is 0 Å². The number of carbonyl (C=O) groups excluding carboxylic acids is 3. The van der Waals surface area contributed by atoms with Crippen LogP contribution in [0.1, 0.15) is 45.1 Å². The quantitative estimate of drug-likeness (QED) is 0.806. The lowest BCUT2D eigenvalue weighted by Crippen LogP contribution is -2.49. The first-order chi connectivity index (χ1) is 10.2. The van der Waals surface area contributed by atoms with E-state index >= 15 is 0 Å². The van der Waals surface area contributed by atoms with Gasteiger partial charge in [-0.05, 0) is 44.9 Å². The average Bonchev–Trinajstić information content (AvgIpc) is 2.38. The summed E-state index contributed by atoms with van der Waals surface area (Å²) in [4.78, 5) is 37.1. The second kappa shape index (κ2) is 5.79. The first-order valence-corrected chi connectivity index (χ1v) is 7.08. The molecule has 0 saturated carbocycles. The first-order valence-electron chi connectivity index (χ1n) is 7.08. The molecular formula is C16H19NO5. The molecule has 22 heavy (non-hydrogen) atoms. The Morgan fingerprint density at radius 2 is 1.82 bits per heavy atom. The number of amides is 3. The number of carbonyl (C=O) groups is 3. The molecule has 1 aliphatic rings. The third-order valence-electron chi connectivity index (χ3n) is 3.29. The Morgan fingerprint density at radius 1 is 1.23 bits per heavy atom. The molecule has 1 N–H and O–H groups in total. The van der Waals surface area contributed by atoms with Crippen LogP contribution in [0.4, 0.5) is 4.79 Å². The van der Waals surface area contributed by atoms with E-state index in [2.05, 4.69) is 0 Å². The fraction of sp³-hybridized carbons (Fsp3) is 0.438. The molecule has 1 fully saturated rings. The predicted molar refractivity (Wildman–Crippen MR) is 78.2 cm³/mol. The molecule has 1 saturated heterocycles. The van der Waals surface area contributed by atoms with E-state index in [1.165, 1.54) is 12.1 Å². The molecule has 0 aliphatic carbocycles. The average molecular weight is 305 g/mol. The minimum Gasteiger partial charge on any atom is -0.508 e. The number of rotatable bonds is 1. The van der Waals surface area contributed by atoms with E-state index in [0.717, 1.165) is 0 Å². The van der Waals surface area contributed by atoms with E-state index in [1.807, 2.05) is 0 Å². The molecule has 3 amide bonds. The summed E-state index contributed by atoms with van der Waals surface area (Å²) in [6, 6.07) is 6.16. The number of hydrogen-bond acceptors (Lipinski definition) is 5. The molecule has 1 unspecified atom stereocenters. The van der Waals surface area contributed by atoms with Gasteiger partial charge < -0.3 is 9.84 Å². The highest BCUT2D eigenvalue weighted by atomic mass is 16.6. The summed E-state index contributed by atoms with van der Waals surface area (Å²) in [5.41, 5.74) is -0.132. The van der Waals surface area contributed by atoms with Crippen LogP contribution in [-0.4, -0.2) is 33.5 Å². The van der Waals surface area contributed by atoms with Crippen LogP contribution in [0.3, 0.4) is 0 Å². The number of phenols is 1. The van der Waals surface area contributed by atoms with Crippen molar-refractivity contribution in [1.29, 1.82) is 0 Å². The number of phenolic OH excluding ortho intramolecular Hbond substituents is 1. The Hall–Kier alpha value is -2.37. The van der Waals surface area contributed by atoms with E-state index in [0.29, 0.717) is 16.9 Å². The van der Waals surface area contributed by atoms with Gasteiger partial charge in [0.25, 0.3) is 0 Å². The van der Waals surface area contributed by atoms with Gasteiger partial charge in [-0.3, -0.25) is 9.59 Å². The van der Waals surface area contributed by atoms with Crippen LogP contribution in [0.5, 0.6) is 5.75 Å². The molecule has 2 rings (SSSR count). The Bertz CT molecular complexity index is 600. The summed E-state index contributed by atoms with van der Waals surface area (Å²) in [7, 11) is 0. The van der Waals surface area contributed by atoms with Crippen LogP contribution in [0.15, 0.2) is 24.3 Å². The molecule has 118 valence electrons. The van der Waals surface area contributed by atoms with Crippen molar-refractivity contribution in [3.8, 4) is 5.75 Å². The maximum absolute atomic E-state index is 12.5. The zero-order valence-electron chi connectivity index (χ0n) is 12.8. The molecule has 6 heteroatoms. The number of aromatic hydroxyl groups is 1. The second-order valence-corrected chi connectivity index (χ2v) is 6.23. The lowest BCUT2D eigenvalue weighted by atomic mass is 9.89. The van der Waals surface area contributed by atoms with E-state index in [1.54, 1.807) is 32.9 Å². The van der Waals surface area contributed by atoms with E-state index in [4.69, 9.17) is 4.74 Å². The smallest absolute Gasteiger partial charge is 0.424 e. The van der Waals surface area contributed by atoms with Crippen molar-refractivity contribution < 1.29 is 24.2 Å². The number of hydrogen-bond donors (Lipinski definition) is 1. The number of likely N-dealkylation sites (tertiary alicyclic amines) is 1. The van der Waals surface area contributed by atoms with E-state index in [-0.39, 0.29) is 12.2 Å². The van der Waals surface area contributed by atoms with Crippen molar-refractivity contribution in [1.82, 2.24) is 4.90 Å². The molecule has 0 spiro atoms. The van der Waals surface area contributed by atoms with Gasteiger partial charge in [0.2, 0.25) is 11.8 Å². The highest BCUT2D eigenvalue weighted by Gasteiger charge is 2.41. The van der Waals surface area contributed by atoms with Gasteiger partial charge in [0, 0.05) is 6.42 Å². The Labute approximate surface area is 128 Å². The van der Waals surface area contributed by atoms with Crippen molar-refractivity contribution >= 4 is 17.9 Å². The summed E-state index contributed by atoms with van der Waals surface area (Å²) in [6.45, 7) is 5.00. The molecule has 6 nitrogen and oxygen atoms in total. The maximum Gasteiger partial charge on any atom is 0.424 e. The molecule has 1 aromatic rings. The van der Waals surface area contributed by atoms with Crippen molar-refractivity contribution in [3.05, 3.63) is 29.8 Å². The SMILES string of the molecule is CC(C)(C)OC(=O)N1C(=O)CCC(c2ccc(O)cc2)C1=O. The third kappa shape index (κ3) is 3.44.